The van der Waals surface area contributed by atoms with Crippen LogP contribution in [0.15, 0.2) is 23.1 Å². The van der Waals surface area contributed by atoms with Crippen LogP contribution >= 0.6 is 0 Å². The molecule has 4 rings (SSSR count). The second-order valence-corrected chi connectivity index (χ2v) is 13.1. The molecule has 43 heavy (non-hydrogen) atoms. The maximum absolute atomic E-state index is 15.3. The van der Waals surface area contributed by atoms with Crippen LogP contribution in [0.25, 0.3) is 22.2 Å². The first-order valence-electron chi connectivity index (χ1n) is 13.9. The van der Waals surface area contributed by atoms with E-state index in [0.717, 1.165) is 32.6 Å². The number of hydrogen-bond acceptors (Lipinski definition) is 7. The molecule has 0 aliphatic heterocycles. The standard InChI is InChI=1S/C28H35F5N6O3S/c1-6-28(32,33)14-43(41,42)37-24-21(29)12-19(22(30)23(24)31)20-11-16-13-34-27(36-25(16)39(15(2)3)26(20)40)35-17-7-9-18(10-8-17)38(4)5/h11-13,15,17-18,37H,6-10,14H2,1-5H3,(H,34,35,36)/t17-,18-. The van der Waals surface area contributed by atoms with Crippen LogP contribution in [0.1, 0.15) is 58.9 Å². The Morgan fingerprint density at radius 2 is 1.72 bits per heavy atom. The lowest BCUT2D eigenvalue weighted by Gasteiger charge is -2.33. The second kappa shape index (κ2) is 12.3. The molecule has 15 heteroatoms. The monoisotopic (exact) mass is 630 g/mol. The predicted octanol–water partition coefficient (Wildman–Crippen LogP) is 5.53. The molecule has 0 unspecified atom stereocenters. The maximum Gasteiger partial charge on any atom is 0.263 e. The summed E-state index contributed by atoms with van der Waals surface area (Å²) >= 11 is 0. The second-order valence-electron chi connectivity index (χ2n) is 11.4. The molecule has 0 spiro atoms. The van der Waals surface area contributed by atoms with Crippen LogP contribution in [-0.4, -0.2) is 65.7 Å². The number of nitrogens with one attached hydrogen (secondary N) is 2. The van der Waals surface area contributed by atoms with E-state index in [2.05, 4.69) is 20.2 Å². The van der Waals surface area contributed by atoms with Crippen LogP contribution in [0.3, 0.4) is 0 Å². The van der Waals surface area contributed by atoms with E-state index < -0.39 is 74.0 Å². The molecule has 2 aromatic heterocycles. The third kappa shape index (κ3) is 7.08. The van der Waals surface area contributed by atoms with Crippen LogP contribution in [0.5, 0.6) is 0 Å². The Morgan fingerprint density at radius 3 is 2.30 bits per heavy atom. The van der Waals surface area contributed by atoms with Crippen molar-refractivity contribution in [3.63, 3.8) is 0 Å². The number of benzene rings is 1. The van der Waals surface area contributed by atoms with Crippen molar-refractivity contribution in [2.24, 2.45) is 0 Å². The summed E-state index contributed by atoms with van der Waals surface area (Å²) in [5.74, 6) is -10.4. The van der Waals surface area contributed by atoms with Gasteiger partial charge in [0, 0.05) is 41.7 Å². The summed E-state index contributed by atoms with van der Waals surface area (Å²) in [6.45, 7) is 4.41. The fourth-order valence-corrected chi connectivity index (χ4v) is 6.57. The molecule has 0 radical (unpaired) electrons. The number of rotatable bonds is 10. The summed E-state index contributed by atoms with van der Waals surface area (Å²) in [5.41, 5.74) is -3.23. The zero-order valence-electron chi connectivity index (χ0n) is 24.5. The molecule has 0 bridgehead atoms. The van der Waals surface area contributed by atoms with Gasteiger partial charge in [-0.25, -0.2) is 35.4 Å². The van der Waals surface area contributed by atoms with Gasteiger partial charge in [-0.3, -0.25) is 14.1 Å². The number of alkyl halides is 2. The molecule has 2 N–H and O–H groups in total. The van der Waals surface area contributed by atoms with E-state index in [0.29, 0.717) is 18.1 Å². The lowest BCUT2D eigenvalue weighted by molar-refractivity contribution is 0.0219. The fourth-order valence-electron chi connectivity index (χ4n) is 5.24. The number of aromatic nitrogens is 3. The van der Waals surface area contributed by atoms with Crippen LogP contribution in [-0.2, 0) is 10.0 Å². The van der Waals surface area contributed by atoms with Crippen molar-refractivity contribution in [1.29, 1.82) is 0 Å². The van der Waals surface area contributed by atoms with Crippen LogP contribution in [0.2, 0.25) is 0 Å². The van der Waals surface area contributed by atoms with Gasteiger partial charge in [0.1, 0.15) is 17.1 Å². The Morgan fingerprint density at radius 1 is 1.07 bits per heavy atom. The van der Waals surface area contributed by atoms with E-state index in [9.17, 15) is 22.0 Å². The highest BCUT2D eigenvalue weighted by molar-refractivity contribution is 7.92. The van der Waals surface area contributed by atoms with Gasteiger partial charge in [0.25, 0.3) is 11.5 Å². The molecule has 3 aromatic rings. The normalized spacial score (nSPS) is 18.0. The average molecular weight is 631 g/mol. The van der Waals surface area contributed by atoms with Crippen LogP contribution in [0, 0.1) is 17.5 Å². The molecule has 2 heterocycles. The SMILES string of the molecule is CCC(F)(F)CS(=O)(=O)Nc1c(F)cc(-c2cc3cnc(N[C@H]4CC[C@H](N(C)C)CC4)nc3n(C(C)C)c2=O)c(F)c1F. The first-order chi connectivity index (χ1) is 20.0. The predicted molar refractivity (Wildman–Crippen MR) is 155 cm³/mol. The minimum atomic E-state index is -4.96. The van der Waals surface area contributed by atoms with Crippen molar-refractivity contribution >= 4 is 32.7 Å². The molecule has 0 atom stereocenters. The van der Waals surface area contributed by atoms with E-state index in [4.69, 9.17) is 0 Å². The first kappa shape index (κ1) is 32.6. The summed E-state index contributed by atoms with van der Waals surface area (Å²) < 4.78 is 99.5. The highest BCUT2D eigenvalue weighted by Crippen LogP contribution is 2.33. The number of fused-ring (bicyclic) bond motifs is 1. The number of sulfonamides is 1. The first-order valence-corrected chi connectivity index (χ1v) is 15.6. The van der Waals surface area contributed by atoms with Gasteiger partial charge in [0.15, 0.2) is 17.5 Å². The van der Waals surface area contributed by atoms with E-state index >= 15 is 13.2 Å². The number of hydrogen-bond donors (Lipinski definition) is 2. The van der Waals surface area contributed by atoms with Gasteiger partial charge in [0.2, 0.25) is 16.0 Å². The van der Waals surface area contributed by atoms with E-state index in [1.54, 1.807) is 13.8 Å². The highest BCUT2D eigenvalue weighted by Gasteiger charge is 2.35. The molecular weight excluding hydrogens is 595 g/mol. The molecule has 1 aliphatic rings. The topological polar surface area (TPSA) is 109 Å². The molecule has 0 saturated heterocycles. The number of pyridine rings is 1. The third-order valence-electron chi connectivity index (χ3n) is 7.67. The molecule has 9 nitrogen and oxygen atoms in total. The molecule has 1 aliphatic carbocycles. The smallest absolute Gasteiger partial charge is 0.263 e. The summed E-state index contributed by atoms with van der Waals surface area (Å²) in [6.07, 6.45) is 4.40. The van der Waals surface area contributed by atoms with Crippen molar-refractivity contribution in [3.05, 3.63) is 46.1 Å². The molecule has 1 fully saturated rings. The fraction of sp³-hybridized carbons (Fsp3) is 0.536. The number of anilines is 2. The lowest BCUT2D eigenvalue weighted by atomic mass is 9.91. The summed E-state index contributed by atoms with van der Waals surface area (Å²) in [7, 11) is -0.860. The number of nitrogens with zero attached hydrogens (tertiary/aromatic N) is 4. The molecular formula is C28H35F5N6O3S. The highest BCUT2D eigenvalue weighted by atomic mass is 32.2. The Labute approximate surface area is 246 Å². The number of halogens is 5. The van der Waals surface area contributed by atoms with Crippen molar-refractivity contribution in [3.8, 4) is 11.1 Å². The Bertz CT molecular complexity index is 1670. The zero-order valence-corrected chi connectivity index (χ0v) is 25.3. The molecule has 0 amide bonds. The van der Waals surface area contributed by atoms with Crippen LogP contribution in [0.4, 0.5) is 33.6 Å². The Kier molecular flexibility index (Phi) is 9.35. The van der Waals surface area contributed by atoms with Crippen molar-refractivity contribution in [1.82, 2.24) is 19.4 Å². The Hall–Kier alpha value is -3.33. The summed E-state index contributed by atoms with van der Waals surface area (Å²) in [4.78, 5) is 24.7. The lowest BCUT2D eigenvalue weighted by Crippen LogP contribution is -2.36. The molecule has 1 saturated carbocycles. The summed E-state index contributed by atoms with van der Waals surface area (Å²) in [6, 6.07) is 1.78. The quantitative estimate of drug-likeness (QED) is 0.224. The largest absolute Gasteiger partial charge is 0.351 e. The minimum absolute atomic E-state index is 0.135. The minimum Gasteiger partial charge on any atom is -0.351 e. The molecule has 236 valence electrons. The van der Waals surface area contributed by atoms with Gasteiger partial charge >= 0.3 is 0 Å². The average Bonchev–Trinajstić information content (AvgIpc) is 2.92. The molecule has 1 aromatic carbocycles. The van der Waals surface area contributed by atoms with Crippen LogP contribution < -0.4 is 15.6 Å². The van der Waals surface area contributed by atoms with Gasteiger partial charge < -0.3 is 10.2 Å². The third-order valence-corrected chi connectivity index (χ3v) is 8.99. The van der Waals surface area contributed by atoms with Gasteiger partial charge in [-0.1, -0.05) is 6.92 Å². The van der Waals surface area contributed by atoms with E-state index in [1.165, 1.54) is 21.6 Å². The van der Waals surface area contributed by atoms with E-state index in [1.807, 2.05) is 14.1 Å². The zero-order chi connectivity index (χ0) is 31.9. The van der Waals surface area contributed by atoms with Gasteiger partial charge in [0.05, 0.1) is 5.56 Å². The van der Waals surface area contributed by atoms with E-state index in [-0.39, 0.29) is 17.1 Å². The van der Waals surface area contributed by atoms with Crippen molar-refractivity contribution in [2.45, 2.75) is 76.9 Å². The van der Waals surface area contributed by atoms with Crippen molar-refractivity contribution in [2.75, 3.05) is 29.9 Å². The summed E-state index contributed by atoms with van der Waals surface area (Å²) in [5, 5.41) is 3.60. The Balaban J connectivity index is 1.72. The van der Waals surface area contributed by atoms with Gasteiger partial charge in [-0.05, 0) is 65.8 Å². The maximum atomic E-state index is 15.3. The van der Waals surface area contributed by atoms with Gasteiger partial charge in [-0.2, -0.15) is 4.98 Å². The van der Waals surface area contributed by atoms with Gasteiger partial charge in [-0.15, -0.1) is 0 Å². The van der Waals surface area contributed by atoms with Crippen molar-refractivity contribution < 1.29 is 30.4 Å².